The summed E-state index contributed by atoms with van der Waals surface area (Å²) in [6.07, 6.45) is 0.408. The summed E-state index contributed by atoms with van der Waals surface area (Å²) < 4.78 is 10.5. The van der Waals surface area contributed by atoms with Crippen LogP contribution in [0.5, 0.6) is 11.5 Å². The van der Waals surface area contributed by atoms with Crippen LogP contribution in [0.1, 0.15) is 23.1 Å². The quantitative estimate of drug-likeness (QED) is 0.671. The summed E-state index contributed by atoms with van der Waals surface area (Å²) in [4.78, 5) is 24.6. The lowest BCUT2D eigenvalue weighted by Crippen LogP contribution is -2.16. The van der Waals surface area contributed by atoms with Crippen molar-refractivity contribution < 1.29 is 19.1 Å². The molecule has 0 aliphatic carbocycles. The summed E-state index contributed by atoms with van der Waals surface area (Å²) in [5, 5.41) is 13.4. The fourth-order valence-electron chi connectivity index (χ4n) is 3.03. The van der Waals surface area contributed by atoms with Crippen molar-refractivity contribution >= 4 is 22.6 Å². The average Bonchev–Trinajstić information content (AvgIpc) is 2.65. The number of hydrogen-bond donors (Lipinski definition) is 2. The molecule has 0 fully saturated rings. The van der Waals surface area contributed by atoms with Gasteiger partial charge in [-0.05, 0) is 50.1 Å². The predicted molar refractivity (Wildman–Crippen MR) is 104 cm³/mol. The summed E-state index contributed by atoms with van der Waals surface area (Å²) in [5.74, 6) is 0.525. The topological polar surface area (TPSA) is 88.8 Å². The Morgan fingerprint density at radius 3 is 2.70 bits per heavy atom. The minimum Gasteiger partial charge on any atom is -0.508 e. The van der Waals surface area contributed by atoms with E-state index in [1.54, 1.807) is 50.4 Å². The summed E-state index contributed by atoms with van der Waals surface area (Å²) in [5.41, 5.74) is 2.28. The molecule has 0 unspecified atom stereocenters. The molecule has 1 amide bonds. The van der Waals surface area contributed by atoms with Crippen LogP contribution in [0, 0.1) is 13.8 Å². The molecule has 0 atom stereocenters. The molecule has 0 saturated heterocycles. The molecule has 3 aromatic rings. The van der Waals surface area contributed by atoms with Crippen molar-refractivity contribution in [3.63, 3.8) is 0 Å². The number of aromatic hydroxyl groups is 1. The van der Waals surface area contributed by atoms with Gasteiger partial charge in [0.1, 0.15) is 17.1 Å². The third-order valence-electron chi connectivity index (χ3n) is 4.63. The molecule has 6 heteroatoms. The molecule has 2 N–H and O–H groups in total. The monoisotopic (exact) mass is 367 g/mol. The van der Waals surface area contributed by atoms with Crippen LogP contribution >= 0.6 is 0 Å². The molecule has 1 heterocycles. The second-order valence-electron chi connectivity index (χ2n) is 6.36. The highest BCUT2D eigenvalue weighted by molar-refractivity contribution is 5.91. The Hall–Kier alpha value is -3.28. The molecule has 0 aliphatic heterocycles. The zero-order valence-electron chi connectivity index (χ0n) is 15.5. The van der Waals surface area contributed by atoms with E-state index in [2.05, 4.69) is 5.32 Å². The summed E-state index contributed by atoms with van der Waals surface area (Å²) in [6, 6.07) is 10.4. The van der Waals surface area contributed by atoms with Gasteiger partial charge in [-0.2, -0.15) is 0 Å². The molecule has 6 nitrogen and oxygen atoms in total. The maximum absolute atomic E-state index is 12.4. The van der Waals surface area contributed by atoms with E-state index in [0.717, 1.165) is 10.9 Å². The van der Waals surface area contributed by atoms with Crippen molar-refractivity contribution in [3.05, 3.63) is 63.5 Å². The second kappa shape index (κ2) is 7.53. The SMILES string of the molecule is COc1cccc(NC(=O)CCc2c(C)c3ccc(O)c(C)c3oc2=O)c1. The highest BCUT2D eigenvalue weighted by atomic mass is 16.5. The first-order chi connectivity index (χ1) is 12.9. The predicted octanol–water partition coefficient (Wildman–Crippen LogP) is 3.70. The van der Waals surface area contributed by atoms with Crippen molar-refractivity contribution in [1.82, 2.24) is 0 Å². The van der Waals surface area contributed by atoms with Crippen LogP contribution in [0.4, 0.5) is 5.69 Å². The number of nitrogens with one attached hydrogen (secondary N) is 1. The number of fused-ring (bicyclic) bond motifs is 1. The van der Waals surface area contributed by atoms with E-state index in [1.807, 2.05) is 6.92 Å². The summed E-state index contributed by atoms with van der Waals surface area (Å²) in [6.45, 7) is 3.52. The van der Waals surface area contributed by atoms with Gasteiger partial charge in [-0.3, -0.25) is 4.79 Å². The number of methoxy groups -OCH3 is 1. The largest absolute Gasteiger partial charge is 0.508 e. The van der Waals surface area contributed by atoms with Crippen LogP contribution in [0.2, 0.25) is 0 Å². The van der Waals surface area contributed by atoms with Gasteiger partial charge in [0.05, 0.1) is 7.11 Å². The van der Waals surface area contributed by atoms with Gasteiger partial charge >= 0.3 is 5.63 Å². The number of phenols is 1. The van der Waals surface area contributed by atoms with E-state index < -0.39 is 5.63 Å². The van der Waals surface area contributed by atoms with E-state index in [0.29, 0.717) is 28.1 Å². The molecule has 140 valence electrons. The van der Waals surface area contributed by atoms with Crippen molar-refractivity contribution in [1.29, 1.82) is 0 Å². The smallest absolute Gasteiger partial charge is 0.339 e. The van der Waals surface area contributed by atoms with E-state index in [-0.39, 0.29) is 24.5 Å². The first kappa shape index (κ1) is 18.5. The van der Waals surface area contributed by atoms with Crippen LogP contribution in [0.25, 0.3) is 11.0 Å². The number of hydrogen-bond acceptors (Lipinski definition) is 5. The Morgan fingerprint density at radius 2 is 1.96 bits per heavy atom. The lowest BCUT2D eigenvalue weighted by atomic mass is 10.0. The van der Waals surface area contributed by atoms with Gasteiger partial charge in [0, 0.05) is 34.7 Å². The first-order valence-electron chi connectivity index (χ1n) is 8.59. The maximum atomic E-state index is 12.4. The first-order valence-corrected chi connectivity index (χ1v) is 8.59. The number of ether oxygens (including phenoxy) is 1. The number of aryl methyl sites for hydroxylation is 2. The third kappa shape index (κ3) is 3.79. The molecule has 0 saturated carbocycles. The van der Waals surface area contributed by atoms with Crippen LogP contribution < -0.4 is 15.7 Å². The molecule has 0 bridgehead atoms. The molecular formula is C21H21NO5. The zero-order chi connectivity index (χ0) is 19.6. The highest BCUT2D eigenvalue weighted by Crippen LogP contribution is 2.28. The van der Waals surface area contributed by atoms with Gasteiger partial charge in [0.2, 0.25) is 5.91 Å². The number of phenolic OH excluding ortho intramolecular Hbond substituents is 1. The standard InChI is InChI=1S/C21H21NO5/c1-12-16-7-9-18(23)13(2)20(16)27-21(25)17(12)8-10-19(24)22-14-5-4-6-15(11-14)26-3/h4-7,9,11,23H,8,10H2,1-3H3,(H,22,24). The number of anilines is 1. The van der Waals surface area contributed by atoms with Crippen LogP contribution in [0.3, 0.4) is 0 Å². The van der Waals surface area contributed by atoms with E-state index in [4.69, 9.17) is 9.15 Å². The van der Waals surface area contributed by atoms with Crippen molar-refractivity contribution in [2.75, 3.05) is 12.4 Å². The number of rotatable bonds is 5. The molecule has 0 spiro atoms. The number of amides is 1. The molecule has 27 heavy (non-hydrogen) atoms. The number of benzene rings is 2. The Bertz CT molecular complexity index is 1070. The van der Waals surface area contributed by atoms with Gasteiger partial charge in [-0.1, -0.05) is 6.07 Å². The molecular weight excluding hydrogens is 346 g/mol. The van der Waals surface area contributed by atoms with E-state index >= 15 is 0 Å². The number of carbonyl (C=O) groups excluding carboxylic acids is 1. The van der Waals surface area contributed by atoms with Gasteiger partial charge in [-0.25, -0.2) is 4.79 Å². The summed E-state index contributed by atoms with van der Waals surface area (Å²) >= 11 is 0. The fourth-order valence-corrected chi connectivity index (χ4v) is 3.03. The molecule has 1 aromatic heterocycles. The Kier molecular flexibility index (Phi) is 5.16. The van der Waals surface area contributed by atoms with Crippen LogP contribution in [-0.2, 0) is 11.2 Å². The van der Waals surface area contributed by atoms with Crippen molar-refractivity contribution in [2.24, 2.45) is 0 Å². The van der Waals surface area contributed by atoms with E-state index in [9.17, 15) is 14.7 Å². The number of carbonyl (C=O) groups is 1. The lowest BCUT2D eigenvalue weighted by molar-refractivity contribution is -0.116. The van der Waals surface area contributed by atoms with E-state index in [1.165, 1.54) is 0 Å². The Morgan fingerprint density at radius 1 is 1.19 bits per heavy atom. The summed E-state index contributed by atoms with van der Waals surface area (Å²) in [7, 11) is 1.56. The average molecular weight is 367 g/mol. The fraction of sp³-hybridized carbons (Fsp3) is 0.238. The molecule has 0 aliphatic rings. The molecule has 2 aromatic carbocycles. The Balaban J connectivity index is 1.79. The van der Waals surface area contributed by atoms with Crippen molar-refractivity contribution in [2.45, 2.75) is 26.7 Å². The van der Waals surface area contributed by atoms with Crippen LogP contribution in [-0.4, -0.2) is 18.1 Å². The van der Waals surface area contributed by atoms with Gasteiger partial charge < -0.3 is 19.6 Å². The Labute approximate surface area is 156 Å². The highest BCUT2D eigenvalue weighted by Gasteiger charge is 2.15. The van der Waals surface area contributed by atoms with Gasteiger partial charge in [0.15, 0.2) is 0 Å². The maximum Gasteiger partial charge on any atom is 0.339 e. The second-order valence-corrected chi connectivity index (χ2v) is 6.36. The van der Waals surface area contributed by atoms with Gasteiger partial charge in [-0.15, -0.1) is 0 Å². The normalized spacial score (nSPS) is 10.8. The molecule has 3 rings (SSSR count). The minimum atomic E-state index is -0.483. The minimum absolute atomic E-state index is 0.0791. The van der Waals surface area contributed by atoms with Gasteiger partial charge in [0.25, 0.3) is 0 Å². The lowest BCUT2D eigenvalue weighted by Gasteiger charge is -2.10. The van der Waals surface area contributed by atoms with Crippen molar-refractivity contribution in [3.8, 4) is 11.5 Å². The molecule has 0 radical (unpaired) electrons. The van der Waals surface area contributed by atoms with Crippen LogP contribution in [0.15, 0.2) is 45.6 Å². The third-order valence-corrected chi connectivity index (χ3v) is 4.63. The zero-order valence-corrected chi connectivity index (χ0v) is 15.5.